The van der Waals surface area contributed by atoms with E-state index in [0.29, 0.717) is 5.92 Å². The molecule has 0 aromatic heterocycles. The minimum Gasteiger partial charge on any atom is -0.0998 e. The van der Waals surface area contributed by atoms with E-state index >= 15 is 0 Å². The largest absolute Gasteiger partial charge is 0.0998 e. The molecule has 0 spiro atoms. The maximum absolute atomic E-state index is 4.37. The lowest BCUT2D eigenvalue weighted by Crippen LogP contribution is -2.20. The molecule has 1 aliphatic carbocycles. The quantitative estimate of drug-likeness (QED) is 0.249. The molecule has 0 saturated heterocycles. The number of hydrogen-bond acceptors (Lipinski definition) is 0. The van der Waals surface area contributed by atoms with Crippen molar-refractivity contribution in [1.82, 2.24) is 0 Å². The van der Waals surface area contributed by atoms with Crippen LogP contribution in [0.25, 0.3) is 11.1 Å². The minimum absolute atomic E-state index is 0.588. The van der Waals surface area contributed by atoms with Gasteiger partial charge >= 0.3 is 0 Å². The summed E-state index contributed by atoms with van der Waals surface area (Å²) >= 11 is 0. The molecule has 0 bridgehead atoms. The average Bonchev–Trinajstić information content (AvgIpc) is 3.19. The third-order valence-corrected chi connectivity index (χ3v) is 8.12. The first-order valence-electron chi connectivity index (χ1n) is 14.8. The Labute approximate surface area is 219 Å². The normalized spacial score (nSPS) is 16.5. The van der Waals surface area contributed by atoms with Gasteiger partial charge in [0, 0.05) is 0 Å². The molecule has 0 N–H and O–H groups in total. The fourth-order valence-electron chi connectivity index (χ4n) is 5.55. The molecule has 1 fully saturated rings. The summed E-state index contributed by atoms with van der Waals surface area (Å²) in [6.07, 6.45) is 12.5. The number of allylic oxidation sites excluding steroid dienone is 1. The summed E-state index contributed by atoms with van der Waals surface area (Å²) in [5, 5.41) is 0. The first-order chi connectivity index (χ1) is 17.0. The van der Waals surface area contributed by atoms with E-state index in [9.17, 15) is 0 Å². The molecular weight excluding hydrogens is 420 g/mol. The van der Waals surface area contributed by atoms with Gasteiger partial charge in [0.1, 0.15) is 0 Å². The van der Waals surface area contributed by atoms with Crippen LogP contribution in [0.3, 0.4) is 0 Å². The van der Waals surface area contributed by atoms with Crippen molar-refractivity contribution in [2.24, 2.45) is 23.7 Å². The fraction of sp³-hybridized carbons (Fsp3) is 0.600. The third-order valence-electron chi connectivity index (χ3n) is 8.12. The zero-order valence-electron chi connectivity index (χ0n) is 24.5. The molecule has 35 heavy (non-hydrogen) atoms. The van der Waals surface area contributed by atoms with Gasteiger partial charge in [-0.2, -0.15) is 0 Å². The monoisotopic (exact) mass is 476 g/mol. The van der Waals surface area contributed by atoms with E-state index in [4.69, 9.17) is 0 Å². The van der Waals surface area contributed by atoms with E-state index in [0.717, 1.165) is 24.2 Å². The van der Waals surface area contributed by atoms with Crippen LogP contribution < -0.4 is 0 Å². The van der Waals surface area contributed by atoms with Crippen molar-refractivity contribution in [3.63, 3.8) is 0 Å². The first-order valence-corrected chi connectivity index (χ1v) is 14.8. The van der Waals surface area contributed by atoms with Crippen LogP contribution in [-0.4, -0.2) is 0 Å². The maximum atomic E-state index is 4.37. The van der Waals surface area contributed by atoms with E-state index in [1.807, 2.05) is 27.7 Å². The second kappa shape index (κ2) is 17.6. The Hall–Kier alpha value is -1.82. The van der Waals surface area contributed by atoms with Gasteiger partial charge in [0.05, 0.1) is 0 Å². The Morgan fingerprint density at radius 1 is 0.829 bits per heavy atom. The van der Waals surface area contributed by atoms with E-state index in [1.54, 1.807) is 0 Å². The van der Waals surface area contributed by atoms with Crippen LogP contribution in [0, 0.1) is 30.6 Å². The summed E-state index contributed by atoms with van der Waals surface area (Å²) in [5.41, 5.74) is 6.86. The van der Waals surface area contributed by atoms with Crippen molar-refractivity contribution in [2.45, 2.75) is 113 Å². The van der Waals surface area contributed by atoms with Gasteiger partial charge in [-0.3, -0.25) is 0 Å². The van der Waals surface area contributed by atoms with Crippen LogP contribution in [0.5, 0.6) is 0 Å². The van der Waals surface area contributed by atoms with E-state index < -0.39 is 0 Å². The molecule has 3 rings (SSSR count). The van der Waals surface area contributed by atoms with Crippen molar-refractivity contribution in [3.05, 3.63) is 71.8 Å². The van der Waals surface area contributed by atoms with Gasteiger partial charge < -0.3 is 0 Å². The second-order valence-electron chi connectivity index (χ2n) is 10.4. The highest BCUT2D eigenvalue weighted by Crippen LogP contribution is 2.36. The van der Waals surface area contributed by atoms with Gasteiger partial charge in [0.2, 0.25) is 0 Å². The number of benzene rings is 2. The van der Waals surface area contributed by atoms with Crippen molar-refractivity contribution < 1.29 is 0 Å². The Balaban J connectivity index is 0.00000145. The summed E-state index contributed by atoms with van der Waals surface area (Å²) < 4.78 is 0. The van der Waals surface area contributed by atoms with E-state index in [2.05, 4.69) is 82.8 Å². The SMILES string of the molecule is C=C(C)C(CCC(C)C(C)C1CCCCCC1)Cc1ccc(-c2ccccc2)cc1C.CC.CC. The topological polar surface area (TPSA) is 0 Å². The minimum atomic E-state index is 0.588. The smallest absolute Gasteiger partial charge is 0.0168 e. The number of rotatable bonds is 9. The summed E-state index contributed by atoms with van der Waals surface area (Å²) in [5.74, 6) is 3.21. The molecule has 0 aliphatic heterocycles. The molecule has 0 nitrogen and oxygen atoms in total. The van der Waals surface area contributed by atoms with Crippen molar-refractivity contribution in [2.75, 3.05) is 0 Å². The summed E-state index contributed by atoms with van der Waals surface area (Å²) in [6.45, 7) is 21.9. The predicted octanol–water partition coefficient (Wildman–Crippen LogP) is 11.5. The molecule has 0 heterocycles. The van der Waals surface area contributed by atoms with Crippen molar-refractivity contribution in [3.8, 4) is 11.1 Å². The van der Waals surface area contributed by atoms with Crippen LogP contribution >= 0.6 is 0 Å². The molecule has 196 valence electrons. The lowest BCUT2D eigenvalue weighted by atomic mass is 9.76. The Bertz CT molecular complexity index is 807. The highest BCUT2D eigenvalue weighted by Gasteiger charge is 2.24. The predicted molar refractivity (Wildman–Crippen MR) is 160 cm³/mol. The zero-order chi connectivity index (χ0) is 26.2. The van der Waals surface area contributed by atoms with Crippen LogP contribution in [0.1, 0.15) is 111 Å². The molecule has 1 aliphatic rings. The third kappa shape index (κ3) is 10.4. The molecule has 0 amide bonds. The molecule has 3 atom stereocenters. The zero-order valence-corrected chi connectivity index (χ0v) is 24.5. The second-order valence-corrected chi connectivity index (χ2v) is 10.4. The summed E-state index contributed by atoms with van der Waals surface area (Å²) in [6, 6.07) is 17.7. The van der Waals surface area contributed by atoms with Crippen LogP contribution in [-0.2, 0) is 6.42 Å². The lowest BCUT2D eigenvalue weighted by Gasteiger charge is -2.29. The highest BCUT2D eigenvalue weighted by atomic mass is 14.3. The van der Waals surface area contributed by atoms with Crippen LogP contribution in [0.15, 0.2) is 60.7 Å². The van der Waals surface area contributed by atoms with Gasteiger partial charge in [-0.05, 0) is 79.0 Å². The molecule has 0 radical (unpaired) electrons. The summed E-state index contributed by atoms with van der Waals surface area (Å²) in [7, 11) is 0. The molecule has 2 aromatic rings. The van der Waals surface area contributed by atoms with Gasteiger partial charge in [0.25, 0.3) is 0 Å². The molecule has 1 saturated carbocycles. The van der Waals surface area contributed by atoms with Gasteiger partial charge in [0.15, 0.2) is 0 Å². The number of aryl methyl sites for hydroxylation is 1. The van der Waals surface area contributed by atoms with Gasteiger partial charge in [-0.15, -0.1) is 0 Å². The Morgan fingerprint density at radius 3 is 1.97 bits per heavy atom. The molecule has 0 heteroatoms. The average molecular weight is 477 g/mol. The maximum Gasteiger partial charge on any atom is -0.0168 e. The first kappa shape index (κ1) is 31.2. The van der Waals surface area contributed by atoms with Gasteiger partial charge in [-0.1, -0.05) is 141 Å². The molecular formula is C35H56. The summed E-state index contributed by atoms with van der Waals surface area (Å²) in [4.78, 5) is 0. The van der Waals surface area contributed by atoms with Gasteiger partial charge in [-0.25, -0.2) is 0 Å². The van der Waals surface area contributed by atoms with E-state index in [1.165, 1.54) is 79.2 Å². The standard InChI is InChI=1S/C31H44.2C2H6/c1-23(2)29(18-17-24(3)26(5)27-13-9-6-7-10-14-27)22-30-19-20-31(21-25(30)4)28-15-11-8-12-16-28;2*1-2/h8,11-12,15-16,19-21,24,26-27,29H,1,6-7,9-10,13-14,17-18,22H2,2-5H3;2*1-2H3. The Kier molecular flexibility index (Phi) is 15.7. The van der Waals surface area contributed by atoms with E-state index in [-0.39, 0.29) is 0 Å². The molecule has 3 unspecified atom stereocenters. The van der Waals surface area contributed by atoms with Crippen LogP contribution in [0.2, 0.25) is 0 Å². The lowest BCUT2D eigenvalue weighted by molar-refractivity contribution is 0.220. The van der Waals surface area contributed by atoms with Crippen molar-refractivity contribution >= 4 is 0 Å². The van der Waals surface area contributed by atoms with Crippen LogP contribution in [0.4, 0.5) is 0 Å². The number of hydrogen-bond donors (Lipinski definition) is 0. The van der Waals surface area contributed by atoms with Crippen molar-refractivity contribution in [1.29, 1.82) is 0 Å². The highest BCUT2D eigenvalue weighted by molar-refractivity contribution is 5.64. The fourth-order valence-corrected chi connectivity index (χ4v) is 5.55. The molecule has 2 aromatic carbocycles. The Morgan fingerprint density at radius 2 is 1.43 bits per heavy atom.